The van der Waals surface area contributed by atoms with Crippen LogP contribution in [0.3, 0.4) is 0 Å². The molecule has 4 nitrogen and oxygen atoms in total. The van der Waals surface area contributed by atoms with Gasteiger partial charge in [-0.25, -0.2) is 8.42 Å². The Kier molecular flexibility index (Phi) is 6.25. The summed E-state index contributed by atoms with van der Waals surface area (Å²) in [6.07, 6.45) is 4.26. The Hall–Kier alpha value is 0.0500. The van der Waals surface area contributed by atoms with E-state index in [2.05, 4.69) is 21.2 Å². The summed E-state index contributed by atoms with van der Waals surface area (Å²) in [5.74, 6) is 0. The first-order valence-corrected chi connectivity index (χ1v) is 10.5. The van der Waals surface area contributed by atoms with Gasteiger partial charge in [0, 0.05) is 19.1 Å². The fourth-order valence-electron chi connectivity index (χ4n) is 2.57. The van der Waals surface area contributed by atoms with E-state index in [-0.39, 0.29) is 6.04 Å². The molecule has 7 heteroatoms. The molecule has 1 N–H and O–H groups in total. The second kappa shape index (κ2) is 7.55. The number of piperidine rings is 1. The molecule has 0 radical (unpaired) electrons. The Morgan fingerprint density at radius 2 is 2.24 bits per heavy atom. The van der Waals surface area contributed by atoms with Crippen LogP contribution in [0, 0.1) is 6.92 Å². The average molecular weight is 395 g/mol. The molecule has 1 aliphatic rings. The van der Waals surface area contributed by atoms with Gasteiger partial charge in [-0.05, 0) is 60.3 Å². The van der Waals surface area contributed by atoms with Crippen LogP contribution in [-0.2, 0) is 10.0 Å². The molecule has 1 aliphatic heterocycles. The van der Waals surface area contributed by atoms with E-state index in [0.29, 0.717) is 17.3 Å². The average Bonchev–Trinajstić information content (AvgIpc) is 2.80. The number of nitrogens with zero attached hydrogens (tertiary/aromatic N) is 1. The summed E-state index contributed by atoms with van der Waals surface area (Å²) in [5.41, 5.74) is 0.978. The zero-order valence-electron chi connectivity index (χ0n) is 12.6. The van der Waals surface area contributed by atoms with E-state index in [4.69, 9.17) is 0 Å². The SMILES string of the molecule is CCCN(CC1CCCCN1)S(=O)(=O)c1cc(C)c(Br)s1. The molecular weight excluding hydrogens is 372 g/mol. The minimum atomic E-state index is -3.38. The number of nitrogens with one attached hydrogen (secondary N) is 1. The van der Waals surface area contributed by atoms with Gasteiger partial charge in [0.2, 0.25) is 0 Å². The molecule has 0 aliphatic carbocycles. The molecule has 1 saturated heterocycles. The van der Waals surface area contributed by atoms with Gasteiger partial charge in [0.15, 0.2) is 0 Å². The summed E-state index contributed by atoms with van der Waals surface area (Å²) in [6.45, 7) is 6.09. The van der Waals surface area contributed by atoms with Crippen LogP contribution in [0.4, 0.5) is 0 Å². The Morgan fingerprint density at radius 1 is 1.48 bits per heavy atom. The van der Waals surface area contributed by atoms with Gasteiger partial charge in [0.05, 0.1) is 3.79 Å². The van der Waals surface area contributed by atoms with E-state index in [1.807, 2.05) is 13.8 Å². The fourth-order valence-corrected chi connectivity index (χ4v) is 6.53. The van der Waals surface area contributed by atoms with Crippen molar-refractivity contribution in [1.29, 1.82) is 0 Å². The predicted octanol–water partition coefficient (Wildman–Crippen LogP) is 3.36. The zero-order valence-corrected chi connectivity index (χ0v) is 15.8. The normalized spacial score (nSPS) is 20.1. The number of rotatable bonds is 6. The Labute approximate surface area is 140 Å². The minimum Gasteiger partial charge on any atom is -0.313 e. The second-order valence-corrected chi connectivity index (χ2v) is 10.1. The second-order valence-electron chi connectivity index (χ2n) is 5.53. The van der Waals surface area contributed by atoms with Crippen molar-refractivity contribution in [2.45, 2.75) is 49.8 Å². The van der Waals surface area contributed by atoms with Crippen LogP contribution in [0.1, 0.15) is 38.2 Å². The van der Waals surface area contributed by atoms with Gasteiger partial charge in [0.25, 0.3) is 10.0 Å². The maximum atomic E-state index is 12.8. The molecule has 1 atom stereocenters. The summed E-state index contributed by atoms with van der Waals surface area (Å²) in [5, 5.41) is 3.44. The lowest BCUT2D eigenvalue weighted by Crippen LogP contribution is -2.45. The van der Waals surface area contributed by atoms with Gasteiger partial charge in [-0.2, -0.15) is 4.31 Å². The fraction of sp³-hybridized carbons (Fsp3) is 0.714. The van der Waals surface area contributed by atoms with Crippen LogP contribution in [0.5, 0.6) is 0 Å². The van der Waals surface area contributed by atoms with Crippen molar-refractivity contribution in [3.8, 4) is 0 Å². The lowest BCUT2D eigenvalue weighted by molar-refractivity contribution is 0.313. The first kappa shape index (κ1) is 17.4. The molecule has 1 unspecified atom stereocenters. The Morgan fingerprint density at radius 3 is 2.76 bits per heavy atom. The van der Waals surface area contributed by atoms with E-state index in [1.165, 1.54) is 24.2 Å². The molecular formula is C14H23BrN2O2S2. The third-order valence-electron chi connectivity index (χ3n) is 3.74. The number of hydrogen-bond acceptors (Lipinski definition) is 4. The quantitative estimate of drug-likeness (QED) is 0.804. The first-order valence-electron chi connectivity index (χ1n) is 7.44. The summed E-state index contributed by atoms with van der Waals surface area (Å²) < 4.78 is 28.7. The lowest BCUT2D eigenvalue weighted by atomic mass is 10.1. The molecule has 21 heavy (non-hydrogen) atoms. The summed E-state index contributed by atoms with van der Waals surface area (Å²) in [7, 11) is -3.38. The zero-order chi connectivity index (χ0) is 15.5. The Bertz CT molecular complexity index is 546. The molecule has 1 aromatic heterocycles. The number of halogens is 1. The summed E-state index contributed by atoms with van der Waals surface area (Å²) in [4.78, 5) is 0. The number of hydrogen-bond donors (Lipinski definition) is 1. The topological polar surface area (TPSA) is 49.4 Å². The van der Waals surface area contributed by atoms with E-state index in [9.17, 15) is 8.42 Å². The maximum absolute atomic E-state index is 12.8. The van der Waals surface area contributed by atoms with Crippen molar-refractivity contribution in [3.05, 3.63) is 15.4 Å². The third kappa shape index (κ3) is 4.28. The van der Waals surface area contributed by atoms with E-state index in [0.717, 1.165) is 28.7 Å². The highest BCUT2D eigenvalue weighted by atomic mass is 79.9. The Balaban J connectivity index is 2.18. The van der Waals surface area contributed by atoms with Gasteiger partial charge in [-0.1, -0.05) is 13.3 Å². The van der Waals surface area contributed by atoms with Crippen LogP contribution in [-0.4, -0.2) is 38.4 Å². The van der Waals surface area contributed by atoms with Gasteiger partial charge < -0.3 is 5.32 Å². The molecule has 0 amide bonds. The smallest absolute Gasteiger partial charge is 0.252 e. The highest BCUT2D eigenvalue weighted by molar-refractivity contribution is 9.11. The molecule has 0 spiro atoms. The molecule has 120 valence electrons. The van der Waals surface area contributed by atoms with Crippen molar-refractivity contribution >= 4 is 37.3 Å². The number of thiophene rings is 1. The van der Waals surface area contributed by atoms with Crippen LogP contribution in [0.2, 0.25) is 0 Å². The van der Waals surface area contributed by atoms with Crippen molar-refractivity contribution in [2.75, 3.05) is 19.6 Å². The van der Waals surface area contributed by atoms with Crippen molar-refractivity contribution in [3.63, 3.8) is 0 Å². The minimum absolute atomic E-state index is 0.282. The molecule has 1 aromatic rings. The molecule has 0 aromatic carbocycles. The maximum Gasteiger partial charge on any atom is 0.252 e. The lowest BCUT2D eigenvalue weighted by Gasteiger charge is -2.29. The summed E-state index contributed by atoms with van der Waals surface area (Å²) >= 11 is 4.72. The van der Waals surface area contributed by atoms with Crippen molar-refractivity contribution in [1.82, 2.24) is 9.62 Å². The predicted molar refractivity (Wildman–Crippen MR) is 91.4 cm³/mol. The highest BCUT2D eigenvalue weighted by Crippen LogP contribution is 2.32. The van der Waals surface area contributed by atoms with E-state index in [1.54, 1.807) is 10.4 Å². The van der Waals surface area contributed by atoms with Crippen LogP contribution in [0.15, 0.2) is 14.1 Å². The monoisotopic (exact) mass is 394 g/mol. The molecule has 1 fully saturated rings. The van der Waals surface area contributed by atoms with Gasteiger partial charge in [0.1, 0.15) is 4.21 Å². The number of aryl methyl sites for hydroxylation is 1. The van der Waals surface area contributed by atoms with Gasteiger partial charge >= 0.3 is 0 Å². The van der Waals surface area contributed by atoms with Gasteiger partial charge in [-0.15, -0.1) is 11.3 Å². The van der Waals surface area contributed by atoms with E-state index >= 15 is 0 Å². The highest BCUT2D eigenvalue weighted by Gasteiger charge is 2.29. The van der Waals surface area contributed by atoms with E-state index < -0.39 is 10.0 Å². The molecule has 0 bridgehead atoms. The van der Waals surface area contributed by atoms with Crippen LogP contribution in [0.25, 0.3) is 0 Å². The van der Waals surface area contributed by atoms with Crippen LogP contribution >= 0.6 is 27.3 Å². The van der Waals surface area contributed by atoms with Crippen LogP contribution < -0.4 is 5.32 Å². The molecule has 2 heterocycles. The van der Waals surface area contributed by atoms with Gasteiger partial charge in [-0.3, -0.25) is 0 Å². The third-order valence-corrected chi connectivity index (χ3v) is 8.19. The summed E-state index contributed by atoms with van der Waals surface area (Å²) in [6, 6.07) is 2.05. The standard InChI is InChI=1S/C14H23BrN2O2S2/c1-3-8-17(10-12-6-4-5-7-16-12)21(18,19)13-9-11(2)14(15)20-13/h9,12,16H,3-8,10H2,1-2H3. The number of sulfonamides is 1. The first-order chi connectivity index (χ1) is 9.95. The van der Waals surface area contributed by atoms with Crippen molar-refractivity contribution < 1.29 is 8.42 Å². The molecule has 2 rings (SSSR count). The van der Waals surface area contributed by atoms with Crippen molar-refractivity contribution in [2.24, 2.45) is 0 Å². The largest absolute Gasteiger partial charge is 0.313 e. The molecule has 0 saturated carbocycles.